The van der Waals surface area contributed by atoms with Crippen LogP contribution >= 0.6 is 15.9 Å². The molecule has 1 aromatic rings. The lowest BCUT2D eigenvalue weighted by atomic mass is 10.0. The van der Waals surface area contributed by atoms with Gasteiger partial charge < -0.3 is 15.8 Å². The van der Waals surface area contributed by atoms with Crippen molar-refractivity contribution < 1.29 is 14.3 Å². The summed E-state index contributed by atoms with van der Waals surface area (Å²) in [5, 5.41) is 2.60. The lowest BCUT2D eigenvalue weighted by Gasteiger charge is -2.22. The highest BCUT2D eigenvalue weighted by Gasteiger charge is 2.25. The maximum atomic E-state index is 12.0. The number of carbonyl (C=O) groups is 2. The molecular formula is C14H19BrN2O3. The maximum Gasteiger partial charge on any atom is 0.261 e. The van der Waals surface area contributed by atoms with Crippen molar-refractivity contribution in [2.45, 2.75) is 32.9 Å². The van der Waals surface area contributed by atoms with Crippen molar-refractivity contribution in [3.05, 3.63) is 28.7 Å². The Morgan fingerprint density at radius 2 is 1.85 bits per heavy atom. The second-order valence-electron chi connectivity index (χ2n) is 4.82. The normalized spacial score (nSPS) is 13.7. The zero-order valence-electron chi connectivity index (χ0n) is 11.7. The first-order chi connectivity index (χ1) is 9.32. The fourth-order valence-corrected chi connectivity index (χ4v) is 2.00. The molecule has 0 aliphatic rings. The van der Waals surface area contributed by atoms with Crippen molar-refractivity contribution >= 4 is 27.7 Å². The molecule has 0 bridgehead atoms. The predicted molar refractivity (Wildman–Crippen MR) is 80.2 cm³/mol. The van der Waals surface area contributed by atoms with Crippen LogP contribution in [0, 0.1) is 5.92 Å². The van der Waals surface area contributed by atoms with E-state index in [0.717, 1.165) is 4.47 Å². The van der Waals surface area contributed by atoms with Crippen molar-refractivity contribution in [3.63, 3.8) is 0 Å². The van der Waals surface area contributed by atoms with Gasteiger partial charge in [0.25, 0.3) is 5.91 Å². The average molecular weight is 343 g/mol. The number of para-hydroxylation sites is 1. The van der Waals surface area contributed by atoms with E-state index in [0.29, 0.717) is 5.75 Å². The molecule has 0 aliphatic carbocycles. The van der Waals surface area contributed by atoms with E-state index in [2.05, 4.69) is 21.2 Å². The van der Waals surface area contributed by atoms with Gasteiger partial charge in [-0.05, 0) is 40.9 Å². The third-order valence-electron chi connectivity index (χ3n) is 2.78. The molecule has 20 heavy (non-hydrogen) atoms. The minimum atomic E-state index is -0.728. The number of carbonyl (C=O) groups excluding carboxylic acids is 2. The quantitative estimate of drug-likeness (QED) is 0.827. The molecule has 0 spiro atoms. The van der Waals surface area contributed by atoms with Gasteiger partial charge in [-0.25, -0.2) is 0 Å². The summed E-state index contributed by atoms with van der Waals surface area (Å²) in [5.74, 6) is -0.442. The Kier molecular flexibility index (Phi) is 6.01. The van der Waals surface area contributed by atoms with E-state index >= 15 is 0 Å². The van der Waals surface area contributed by atoms with Crippen molar-refractivity contribution in [2.24, 2.45) is 11.7 Å². The summed E-state index contributed by atoms with van der Waals surface area (Å²) in [4.78, 5) is 23.3. The number of nitrogens with one attached hydrogen (secondary N) is 1. The van der Waals surface area contributed by atoms with Crippen LogP contribution in [-0.2, 0) is 9.59 Å². The molecule has 0 heterocycles. The number of nitrogens with two attached hydrogens (primary N) is 1. The minimum absolute atomic E-state index is 0.0767. The average Bonchev–Trinajstić information content (AvgIpc) is 2.37. The van der Waals surface area contributed by atoms with Crippen LogP contribution in [0.15, 0.2) is 28.7 Å². The third kappa shape index (κ3) is 4.52. The van der Waals surface area contributed by atoms with Crippen LogP contribution in [0.2, 0.25) is 0 Å². The topological polar surface area (TPSA) is 81.4 Å². The van der Waals surface area contributed by atoms with Gasteiger partial charge in [0.15, 0.2) is 6.10 Å². The monoisotopic (exact) mass is 342 g/mol. The summed E-state index contributed by atoms with van der Waals surface area (Å²) in [6, 6.07) is 6.53. The second-order valence-corrected chi connectivity index (χ2v) is 5.68. The van der Waals surface area contributed by atoms with E-state index in [1.807, 2.05) is 32.0 Å². The highest BCUT2D eigenvalue weighted by atomic mass is 79.9. The third-order valence-corrected chi connectivity index (χ3v) is 3.44. The Labute approximate surface area is 127 Å². The fourth-order valence-electron chi connectivity index (χ4n) is 1.62. The summed E-state index contributed by atoms with van der Waals surface area (Å²) < 4.78 is 6.32. The Bertz CT molecular complexity index is 491. The van der Waals surface area contributed by atoms with E-state index in [1.165, 1.54) is 0 Å². The van der Waals surface area contributed by atoms with E-state index in [-0.39, 0.29) is 11.8 Å². The van der Waals surface area contributed by atoms with Crippen LogP contribution in [0.5, 0.6) is 5.75 Å². The van der Waals surface area contributed by atoms with Gasteiger partial charge >= 0.3 is 0 Å². The molecule has 0 aliphatic heterocycles. The SMILES string of the molecule is CC(Oc1ccccc1Br)C(=O)NC(C(N)=O)C(C)C. The van der Waals surface area contributed by atoms with Crippen molar-refractivity contribution in [1.29, 1.82) is 0 Å². The van der Waals surface area contributed by atoms with Crippen molar-refractivity contribution in [1.82, 2.24) is 5.32 Å². The maximum absolute atomic E-state index is 12.0. The second kappa shape index (κ2) is 7.28. The van der Waals surface area contributed by atoms with Crippen LogP contribution in [0.25, 0.3) is 0 Å². The highest BCUT2D eigenvalue weighted by molar-refractivity contribution is 9.10. The first-order valence-corrected chi connectivity index (χ1v) is 7.13. The zero-order chi connectivity index (χ0) is 15.3. The van der Waals surface area contributed by atoms with Gasteiger partial charge in [0.05, 0.1) is 4.47 Å². The number of rotatable bonds is 6. The van der Waals surface area contributed by atoms with Gasteiger partial charge in [-0.15, -0.1) is 0 Å². The largest absolute Gasteiger partial charge is 0.480 e. The number of halogens is 1. The summed E-state index contributed by atoms with van der Waals surface area (Å²) in [6.45, 7) is 5.25. The van der Waals surface area contributed by atoms with Crippen LogP contribution in [0.3, 0.4) is 0 Å². The number of benzene rings is 1. The molecule has 1 rings (SSSR count). The van der Waals surface area contributed by atoms with Crippen molar-refractivity contribution in [2.75, 3.05) is 0 Å². The standard InChI is InChI=1S/C14H19BrN2O3/c1-8(2)12(13(16)18)17-14(19)9(3)20-11-7-5-4-6-10(11)15/h4-9,12H,1-3H3,(H2,16,18)(H,17,19). The highest BCUT2D eigenvalue weighted by Crippen LogP contribution is 2.24. The van der Waals surface area contributed by atoms with Crippen LogP contribution in [0.1, 0.15) is 20.8 Å². The molecule has 0 radical (unpaired) electrons. The molecule has 3 N–H and O–H groups in total. The van der Waals surface area contributed by atoms with Gasteiger partial charge in [0.2, 0.25) is 5.91 Å². The Morgan fingerprint density at radius 3 is 2.35 bits per heavy atom. The fraction of sp³-hybridized carbons (Fsp3) is 0.429. The van der Waals surface area contributed by atoms with E-state index in [4.69, 9.17) is 10.5 Å². The first-order valence-electron chi connectivity index (χ1n) is 6.33. The first kappa shape index (κ1) is 16.5. The Hall–Kier alpha value is -1.56. The summed E-state index contributed by atoms with van der Waals surface area (Å²) in [6.07, 6.45) is -0.728. The molecule has 2 unspecified atom stereocenters. The number of hydrogen-bond donors (Lipinski definition) is 2. The van der Waals surface area contributed by atoms with Crippen LogP contribution in [0.4, 0.5) is 0 Å². The predicted octanol–water partition coefficient (Wildman–Crippen LogP) is 1.84. The van der Waals surface area contributed by atoms with Gasteiger partial charge in [0, 0.05) is 0 Å². The summed E-state index contributed by atoms with van der Waals surface area (Å²) >= 11 is 3.34. The minimum Gasteiger partial charge on any atom is -0.480 e. The van der Waals surface area contributed by atoms with E-state index < -0.39 is 18.1 Å². The Balaban J connectivity index is 2.68. The van der Waals surface area contributed by atoms with Crippen molar-refractivity contribution in [3.8, 4) is 5.75 Å². The summed E-state index contributed by atoms with van der Waals surface area (Å²) in [7, 11) is 0. The molecule has 0 saturated carbocycles. The number of amides is 2. The molecule has 2 amide bonds. The molecular weight excluding hydrogens is 324 g/mol. The van der Waals surface area contributed by atoms with Gasteiger partial charge in [-0.1, -0.05) is 26.0 Å². The zero-order valence-corrected chi connectivity index (χ0v) is 13.3. The molecule has 0 aromatic heterocycles. The molecule has 6 heteroatoms. The molecule has 0 fully saturated rings. The van der Waals surface area contributed by atoms with Gasteiger partial charge in [-0.3, -0.25) is 9.59 Å². The molecule has 1 aromatic carbocycles. The van der Waals surface area contributed by atoms with E-state index in [9.17, 15) is 9.59 Å². The summed E-state index contributed by atoms with van der Waals surface area (Å²) in [5.41, 5.74) is 5.26. The number of ether oxygens (including phenoxy) is 1. The van der Waals surface area contributed by atoms with Gasteiger partial charge in [-0.2, -0.15) is 0 Å². The molecule has 110 valence electrons. The molecule has 5 nitrogen and oxygen atoms in total. The van der Waals surface area contributed by atoms with Crippen LogP contribution in [-0.4, -0.2) is 24.0 Å². The van der Waals surface area contributed by atoms with Crippen LogP contribution < -0.4 is 15.8 Å². The number of hydrogen-bond acceptors (Lipinski definition) is 3. The lowest BCUT2D eigenvalue weighted by molar-refractivity contribution is -0.132. The Morgan fingerprint density at radius 1 is 1.25 bits per heavy atom. The smallest absolute Gasteiger partial charge is 0.261 e. The molecule has 0 saturated heterocycles. The van der Waals surface area contributed by atoms with Gasteiger partial charge in [0.1, 0.15) is 11.8 Å². The molecule has 2 atom stereocenters. The van der Waals surface area contributed by atoms with E-state index in [1.54, 1.807) is 13.0 Å². The lowest BCUT2D eigenvalue weighted by Crippen LogP contribution is -2.51. The number of primary amides is 1.